The quantitative estimate of drug-likeness (QED) is 0.876. The summed E-state index contributed by atoms with van der Waals surface area (Å²) in [4.78, 5) is 9.52. The summed E-state index contributed by atoms with van der Waals surface area (Å²) in [5.74, 6) is 1.48. The summed E-state index contributed by atoms with van der Waals surface area (Å²) in [6.45, 7) is 0.888. The highest BCUT2D eigenvalue weighted by Crippen LogP contribution is 2.27. The van der Waals surface area contributed by atoms with E-state index >= 15 is 0 Å². The van der Waals surface area contributed by atoms with Crippen molar-refractivity contribution < 1.29 is 5.11 Å². The molecule has 2 unspecified atom stereocenters. The Morgan fingerprint density at radius 3 is 3.18 bits per heavy atom. The van der Waals surface area contributed by atoms with E-state index in [-0.39, 0.29) is 6.10 Å². The minimum absolute atomic E-state index is 0.103. The molecular formula is C12H15N3OS. The molecule has 4 nitrogen and oxygen atoms in total. The van der Waals surface area contributed by atoms with Crippen molar-refractivity contribution in [1.82, 2.24) is 9.97 Å². The fraction of sp³-hybridized carbons (Fsp3) is 0.500. The second kappa shape index (κ2) is 4.58. The van der Waals surface area contributed by atoms with Crippen LogP contribution in [0, 0.1) is 5.92 Å². The Morgan fingerprint density at radius 2 is 2.35 bits per heavy atom. The third kappa shape index (κ3) is 2.25. The van der Waals surface area contributed by atoms with Gasteiger partial charge in [-0.1, -0.05) is 0 Å². The van der Waals surface area contributed by atoms with Gasteiger partial charge in [-0.05, 0) is 36.6 Å². The van der Waals surface area contributed by atoms with Gasteiger partial charge in [-0.15, -0.1) is 11.3 Å². The van der Waals surface area contributed by atoms with Crippen molar-refractivity contribution in [2.75, 3.05) is 11.9 Å². The van der Waals surface area contributed by atoms with E-state index in [0.29, 0.717) is 5.92 Å². The van der Waals surface area contributed by atoms with Gasteiger partial charge in [-0.2, -0.15) is 0 Å². The van der Waals surface area contributed by atoms with Gasteiger partial charge >= 0.3 is 0 Å². The van der Waals surface area contributed by atoms with Gasteiger partial charge in [0.25, 0.3) is 0 Å². The van der Waals surface area contributed by atoms with Crippen molar-refractivity contribution in [2.24, 2.45) is 5.92 Å². The molecule has 1 fully saturated rings. The Kier molecular flexibility index (Phi) is 2.94. The topological polar surface area (TPSA) is 58.0 Å². The smallest absolute Gasteiger partial charge is 0.138 e. The minimum atomic E-state index is -0.103. The van der Waals surface area contributed by atoms with Crippen molar-refractivity contribution in [3.05, 3.63) is 17.8 Å². The van der Waals surface area contributed by atoms with E-state index in [1.165, 1.54) is 0 Å². The SMILES string of the molecule is OC1CCC(CNc2ncnc3sccc23)C1. The lowest BCUT2D eigenvalue weighted by molar-refractivity contribution is 0.178. The van der Waals surface area contributed by atoms with Gasteiger partial charge in [0.05, 0.1) is 11.5 Å². The average Bonchev–Trinajstić information content (AvgIpc) is 2.94. The van der Waals surface area contributed by atoms with Crippen molar-refractivity contribution in [3.63, 3.8) is 0 Å². The molecule has 5 heteroatoms. The first-order chi connectivity index (χ1) is 8.33. The molecule has 0 spiro atoms. The van der Waals surface area contributed by atoms with Gasteiger partial charge < -0.3 is 10.4 Å². The molecule has 0 radical (unpaired) electrons. The number of aliphatic hydroxyl groups excluding tert-OH is 1. The Morgan fingerprint density at radius 1 is 1.41 bits per heavy atom. The number of nitrogens with one attached hydrogen (secondary N) is 1. The highest BCUT2D eigenvalue weighted by atomic mass is 32.1. The van der Waals surface area contributed by atoms with Crippen LogP contribution in [0.3, 0.4) is 0 Å². The largest absolute Gasteiger partial charge is 0.393 e. The van der Waals surface area contributed by atoms with Gasteiger partial charge in [-0.25, -0.2) is 9.97 Å². The molecule has 0 aliphatic heterocycles. The first-order valence-electron chi connectivity index (χ1n) is 5.93. The molecule has 2 N–H and O–H groups in total. The minimum Gasteiger partial charge on any atom is -0.393 e. The van der Waals surface area contributed by atoms with E-state index in [9.17, 15) is 5.11 Å². The summed E-state index contributed by atoms with van der Waals surface area (Å²) < 4.78 is 0. The zero-order chi connectivity index (χ0) is 11.7. The summed E-state index contributed by atoms with van der Waals surface area (Å²) in [6, 6.07) is 2.05. The first kappa shape index (κ1) is 10.9. The predicted octanol–water partition coefficient (Wildman–Crippen LogP) is 2.26. The van der Waals surface area contributed by atoms with Gasteiger partial charge in [0, 0.05) is 6.54 Å². The van der Waals surface area contributed by atoms with Crippen LogP contribution in [0.15, 0.2) is 17.8 Å². The first-order valence-corrected chi connectivity index (χ1v) is 6.81. The van der Waals surface area contributed by atoms with Gasteiger partial charge in [-0.3, -0.25) is 0 Å². The number of fused-ring (bicyclic) bond motifs is 1. The predicted molar refractivity (Wildman–Crippen MR) is 69.3 cm³/mol. The van der Waals surface area contributed by atoms with Crippen molar-refractivity contribution in [2.45, 2.75) is 25.4 Å². The molecule has 2 aromatic rings. The Balaban J connectivity index is 1.70. The number of rotatable bonds is 3. The van der Waals surface area contributed by atoms with E-state index in [1.807, 2.05) is 11.4 Å². The van der Waals surface area contributed by atoms with Gasteiger partial charge in [0.15, 0.2) is 0 Å². The lowest BCUT2D eigenvalue weighted by Crippen LogP contribution is -2.13. The van der Waals surface area contributed by atoms with E-state index in [2.05, 4.69) is 15.3 Å². The molecule has 0 saturated heterocycles. The van der Waals surface area contributed by atoms with E-state index in [1.54, 1.807) is 17.7 Å². The Labute approximate surface area is 104 Å². The van der Waals surface area contributed by atoms with E-state index in [4.69, 9.17) is 0 Å². The van der Waals surface area contributed by atoms with Crippen LogP contribution in [0.2, 0.25) is 0 Å². The molecule has 2 aromatic heterocycles. The van der Waals surface area contributed by atoms with Gasteiger partial charge in [0.1, 0.15) is 17.0 Å². The molecule has 17 heavy (non-hydrogen) atoms. The fourth-order valence-corrected chi connectivity index (χ4v) is 3.14. The normalized spacial score (nSPS) is 24.3. The van der Waals surface area contributed by atoms with Gasteiger partial charge in [0.2, 0.25) is 0 Å². The second-order valence-corrected chi connectivity index (χ2v) is 5.47. The third-order valence-corrected chi connectivity index (χ3v) is 4.15. The summed E-state index contributed by atoms with van der Waals surface area (Å²) in [5.41, 5.74) is 0. The van der Waals surface area contributed by atoms with Crippen molar-refractivity contribution >= 4 is 27.4 Å². The number of nitrogens with zero attached hydrogens (tertiary/aromatic N) is 2. The van der Waals surface area contributed by atoms with E-state index < -0.39 is 0 Å². The zero-order valence-corrected chi connectivity index (χ0v) is 10.3. The number of aliphatic hydroxyl groups is 1. The second-order valence-electron chi connectivity index (χ2n) is 4.58. The number of thiophene rings is 1. The summed E-state index contributed by atoms with van der Waals surface area (Å²) in [6.07, 6.45) is 4.44. The van der Waals surface area contributed by atoms with E-state index in [0.717, 1.165) is 41.8 Å². The molecule has 1 saturated carbocycles. The average molecular weight is 249 g/mol. The highest BCUT2D eigenvalue weighted by molar-refractivity contribution is 7.16. The van der Waals surface area contributed by atoms with Crippen LogP contribution >= 0.6 is 11.3 Å². The molecule has 1 aliphatic carbocycles. The highest BCUT2D eigenvalue weighted by Gasteiger charge is 2.22. The third-order valence-electron chi connectivity index (χ3n) is 3.33. The van der Waals surface area contributed by atoms with Crippen LogP contribution in [0.5, 0.6) is 0 Å². The summed E-state index contributed by atoms with van der Waals surface area (Å²) in [7, 11) is 0. The Hall–Kier alpha value is -1.20. The summed E-state index contributed by atoms with van der Waals surface area (Å²) >= 11 is 1.63. The molecule has 3 rings (SSSR count). The number of hydrogen-bond donors (Lipinski definition) is 2. The van der Waals surface area contributed by atoms with Crippen molar-refractivity contribution in [1.29, 1.82) is 0 Å². The van der Waals surface area contributed by atoms with Crippen LogP contribution in [0.1, 0.15) is 19.3 Å². The zero-order valence-electron chi connectivity index (χ0n) is 9.47. The maximum Gasteiger partial charge on any atom is 0.138 e. The molecular weight excluding hydrogens is 234 g/mol. The van der Waals surface area contributed by atoms with Crippen LogP contribution in [-0.4, -0.2) is 27.7 Å². The van der Waals surface area contributed by atoms with Crippen molar-refractivity contribution in [3.8, 4) is 0 Å². The van der Waals surface area contributed by atoms with Crippen LogP contribution in [0.25, 0.3) is 10.2 Å². The van der Waals surface area contributed by atoms with Crippen LogP contribution < -0.4 is 5.32 Å². The number of hydrogen-bond acceptors (Lipinski definition) is 5. The molecule has 2 atom stereocenters. The number of aromatic nitrogens is 2. The standard InChI is InChI=1S/C12H15N3OS/c16-9-2-1-8(5-9)6-13-11-10-3-4-17-12(10)15-7-14-11/h3-4,7-9,16H,1-2,5-6H2,(H,13,14,15). The maximum absolute atomic E-state index is 9.48. The lowest BCUT2D eigenvalue weighted by Gasteiger charge is -2.11. The molecule has 0 amide bonds. The monoisotopic (exact) mass is 249 g/mol. The molecule has 0 aromatic carbocycles. The van der Waals surface area contributed by atoms with Crippen LogP contribution in [0.4, 0.5) is 5.82 Å². The molecule has 2 heterocycles. The lowest BCUT2D eigenvalue weighted by atomic mass is 10.1. The maximum atomic E-state index is 9.48. The fourth-order valence-electron chi connectivity index (χ4n) is 2.41. The molecule has 0 bridgehead atoms. The summed E-state index contributed by atoms with van der Waals surface area (Å²) in [5, 5.41) is 16.0. The molecule has 90 valence electrons. The Bertz CT molecular complexity index is 513. The molecule has 1 aliphatic rings. The van der Waals surface area contributed by atoms with Crippen LogP contribution in [-0.2, 0) is 0 Å². The number of anilines is 1.